The zero-order valence-electron chi connectivity index (χ0n) is 2.34. The van der Waals surface area contributed by atoms with Gasteiger partial charge in [0.05, 0.1) is 0 Å². The molecule has 1 aliphatic rings. The Morgan fingerprint density at radius 2 is 1.67 bits per heavy atom. The largest absolute Gasteiger partial charge is 0.187 e. The first-order valence-electron chi connectivity index (χ1n) is 1.09. The van der Waals surface area contributed by atoms with Crippen LogP contribution < -0.4 is 0 Å². The van der Waals surface area contributed by atoms with Gasteiger partial charge in [0, 0.05) is 0 Å². The second kappa shape index (κ2) is 1.83. The summed E-state index contributed by atoms with van der Waals surface area (Å²) in [6.45, 7) is 0. The molecule has 1 N–H and O–H groups in total. The summed E-state index contributed by atoms with van der Waals surface area (Å²) in [5.41, 5.74) is 0. The fraction of sp³-hybridized carbons (Fsp3) is 1.00. The van der Waals surface area contributed by atoms with Gasteiger partial charge in [-0.3, -0.25) is 0 Å². The van der Waals surface area contributed by atoms with Crippen LogP contribution in [0.3, 0.4) is 0 Å². The molecular weight excluding hydrogens is 162 g/mol. The normalized spacial score (nSPS) is 25.0. The van der Waals surface area contributed by atoms with Gasteiger partial charge in [-0.15, -0.1) is 0 Å². The Morgan fingerprint density at radius 3 is 1.67 bits per heavy atom. The van der Waals surface area contributed by atoms with Crippen molar-refractivity contribution in [2.24, 2.45) is 0 Å². The molecule has 6 heavy (non-hydrogen) atoms. The molecule has 1 aliphatic heterocycles. The Bertz CT molecular complexity index is 48.8. The summed E-state index contributed by atoms with van der Waals surface area (Å²) in [4.78, 5) is 7.96. The molecule has 0 amide bonds. The van der Waals surface area contributed by atoms with Crippen LogP contribution in [0.4, 0.5) is 0 Å². The number of hydrogen-bond acceptors (Lipinski definition) is 3. The van der Waals surface area contributed by atoms with Crippen LogP contribution in [0.2, 0.25) is 0 Å². The molecule has 1 atom stereocenters. The molecule has 3 nitrogen and oxygen atoms in total. The molecule has 1 saturated heterocycles. The van der Waals surface area contributed by atoms with Gasteiger partial charge in [0.1, 0.15) is 0 Å². The van der Waals surface area contributed by atoms with Crippen LogP contribution in [0.5, 0.6) is 0 Å². The first kappa shape index (κ1) is 6.97. The van der Waals surface area contributed by atoms with Gasteiger partial charge in [-0.05, 0) is 0 Å². The monoisotopic (exact) mass is 168 g/mol. The molecule has 0 aromatic heterocycles. The minimum atomic E-state index is -1.19. The SMILES string of the molecule is OC1([AsH2])OO1.[AlH3]. The van der Waals surface area contributed by atoms with E-state index in [1.807, 2.05) is 0 Å². The maximum atomic E-state index is 8.22. The molecule has 0 bridgehead atoms. The van der Waals surface area contributed by atoms with Crippen molar-refractivity contribution in [2.45, 2.75) is 4.76 Å². The van der Waals surface area contributed by atoms with E-state index in [1.54, 1.807) is 0 Å². The molecule has 5 heteroatoms. The topological polar surface area (TPSA) is 45.3 Å². The van der Waals surface area contributed by atoms with Crippen LogP contribution >= 0.6 is 0 Å². The van der Waals surface area contributed by atoms with Crippen molar-refractivity contribution < 1.29 is 14.9 Å². The van der Waals surface area contributed by atoms with Crippen molar-refractivity contribution in [3.63, 3.8) is 0 Å². The Balaban J connectivity index is 0.000000250. The summed E-state index contributed by atoms with van der Waals surface area (Å²) in [5, 5.41) is 8.22. The number of rotatable bonds is 0. The molecule has 1 unspecified atom stereocenters. The van der Waals surface area contributed by atoms with Gasteiger partial charge in [0.25, 0.3) is 0 Å². The third kappa shape index (κ3) is 2.20. The zero-order chi connectivity index (χ0) is 3.91. The van der Waals surface area contributed by atoms with Crippen LogP contribution in [0.25, 0.3) is 0 Å². The van der Waals surface area contributed by atoms with E-state index in [9.17, 15) is 0 Å². The van der Waals surface area contributed by atoms with Crippen LogP contribution in [0.15, 0.2) is 0 Å². The van der Waals surface area contributed by atoms with Gasteiger partial charge in [-0.25, -0.2) is 0 Å². The summed E-state index contributed by atoms with van der Waals surface area (Å²) < 4.78 is -1.19. The molecule has 1 rings (SSSR count). The average molecular weight is 168 g/mol. The maximum Gasteiger partial charge on any atom is 0.187 e. The molecule has 0 radical (unpaired) electrons. The second-order valence-corrected chi connectivity index (χ2v) is 2.33. The van der Waals surface area contributed by atoms with Crippen molar-refractivity contribution >= 4 is 34.2 Å². The molecule has 1 heterocycles. The quantitative estimate of drug-likeness (QED) is 0.238. The molecule has 0 spiro atoms. The van der Waals surface area contributed by atoms with Crippen LogP contribution in [-0.2, 0) is 9.78 Å². The van der Waals surface area contributed by atoms with E-state index < -0.39 is 4.76 Å². The van der Waals surface area contributed by atoms with E-state index in [4.69, 9.17) is 5.11 Å². The minimum absolute atomic E-state index is 0. The Labute approximate surface area is 54.2 Å². The summed E-state index contributed by atoms with van der Waals surface area (Å²) in [5.74, 6) is 0. The summed E-state index contributed by atoms with van der Waals surface area (Å²) in [6.07, 6.45) is 0. The van der Waals surface area contributed by atoms with Crippen molar-refractivity contribution in [2.75, 3.05) is 0 Å². The molecular formula is CH6AlAsO3. The second-order valence-electron chi connectivity index (χ2n) is 0.797. The van der Waals surface area contributed by atoms with Crippen LogP contribution in [0.1, 0.15) is 0 Å². The first-order valence-corrected chi connectivity index (χ1v) is 2.30. The number of hydrogen-bond donors (Lipinski definition) is 1. The fourth-order valence-electron chi connectivity index (χ4n) is 0.0427. The molecule has 1 fully saturated rings. The van der Waals surface area contributed by atoms with Crippen molar-refractivity contribution in [1.82, 2.24) is 0 Å². The maximum absolute atomic E-state index is 8.22. The van der Waals surface area contributed by atoms with Crippen LogP contribution in [-0.4, -0.2) is 44.1 Å². The molecule has 0 saturated carbocycles. The zero-order valence-corrected chi connectivity index (χ0v) is 4.76. The Hall–Kier alpha value is 0.971. The van der Waals surface area contributed by atoms with Crippen LogP contribution in [0, 0.1) is 0 Å². The predicted molar refractivity (Wildman–Crippen MR) is 25.6 cm³/mol. The van der Waals surface area contributed by atoms with Crippen molar-refractivity contribution in [1.29, 1.82) is 0 Å². The van der Waals surface area contributed by atoms with Gasteiger partial charge in [0.2, 0.25) is 0 Å². The number of aliphatic hydroxyl groups is 1. The molecule has 0 aromatic carbocycles. The van der Waals surface area contributed by atoms with E-state index in [0.29, 0.717) is 0 Å². The smallest absolute Gasteiger partial charge is 0.187 e. The van der Waals surface area contributed by atoms with Gasteiger partial charge < -0.3 is 0 Å². The Kier molecular flexibility index (Phi) is 2.13. The van der Waals surface area contributed by atoms with Crippen molar-refractivity contribution in [3.05, 3.63) is 0 Å². The third-order valence-electron chi connectivity index (χ3n) is 0.254. The van der Waals surface area contributed by atoms with Crippen molar-refractivity contribution in [3.8, 4) is 0 Å². The van der Waals surface area contributed by atoms with Gasteiger partial charge in [-0.2, -0.15) is 0 Å². The molecule has 0 aliphatic carbocycles. The minimum Gasteiger partial charge on any atom is 0.187 e. The average Bonchev–Trinajstić information content (AvgIpc) is 1.76. The predicted octanol–water partition coefficient (Wildman–Crippen LogP) is -3.00. The van der Waals surface area contributed by atoms with E-state index in [-0.39, 0.29) is 17.4 Å². The van der Waals surface area contributed by atoms with E-state index in [1.165, 1.54) is 0 Å². The van der Waals surface area contributed by atoms with E-state index in [0.717, 1.165) is 16.9 Å². The molecule has 0 aromatic rings. The van der Waals surface area contributed by atoms with E-state index >= 15 is 0 Å². The third-order valence-corrected chi connectivity index (χ3v) is 0.658. The Morgan fingerprint density at radius 1 is 1.50 bits per heavy atom. The van der Waals surface area contributed by atoms with Gasteiger partial charge in [0.15, 0.2) is 17.4 Å². The van der Waals surface area contributed by atoms with Gasteiger partial charge in [-0.1, -0.05) is 0 Å². The summed E-state index contributed by atoms with van der Waals surface area (Å²) >= 11 is 1.01. The fourth-order valence-corrected chi connectivity index (χ4v) is 0.144. The molecule has 36 valence electrons. The van der Waals surface area contributed by atoms with Gasteiger partial charge >= 0.3 is 36.5 Å². The first-order chi connectivity index (χ1) is 2.21. The van der Waals surface area contributed by atoms with E-state index in [2.05, 4.69) is 9.78 Å². The standard InChI is InChI=1S/CH3AsO3.Al.3H/c2-1(3)4-5-1;;;;/h3H,2H2;;;;. The summed E-state index contributed by atoms with van der Waals surface area (Å²) in [6, 6.07) is 0. The summed E-state index contributed by atoms with van der Waals surface area (Å²) in [7, 11) is 0.